The monoisotopic (exact) mass is 398 g/mol. The Hall–Kier alpha value is -3.73. The number of nitrogens with two attached hydrogens (primary N) is 1. The molecule has 3 aromatic carbocycles. The van der Waals surface area contributed by atoms with Gasteiger partial charge in [0, 0.05) is 23.4 Å². The maximum atomic E-state index is 15.5. The fourth-order valence-electron chi connectivity index (χ4n) is 4.77. The lowest BCUT2D eigenvalue weighted by Crippen LogP contribution is -2.26. The van der Waals surface area contributed by atoms with Gasteiger partial charge in [0.2, 0.25) is 11.8 Å². The third-order valence-corrected chi connectivity index (χ3v) is 6.04. The highest BCUT2D eigenvalue weighted by Gasteiger charge is 2.32. The Labute approximate surface area is 173 Å². The summed E-state index contributed by atoms with van der Waals surface area (Å²) < 4.78 is 15.5. The summed E-state index contributed by atoms with van der Waals surface area (Å²) in [4.78, 5) is 26.0. The Kier molecular flexibility index (Phi) is 4.07. The number of amides is 2. The van der Waals surface area contributed by atoms with Gasteiger partial charge in [0.1, 0.15) is 5.82 Å². The van der Waals surface area contributed by atoms with E-state index >= 15 is 4.39 Å². The van der Waals surface area contributed by atoms with E-state index in [1.165, 1.54) is 12.1 Å². The van der Waals surface area contributed by atoms with Crippen molar-refractivity contribution in [3.8, 4) is 22.3 Å². The number of carbonyl (C=O) groups excluding carboxylic acids is 2. The lowest BCUT2D eigenvalue weighted by Gasteiger charge is -2.18. The molecule has 0 atom stereocenters. The third kappa shape index (κ3) is 2.52. The Balaban J connectivity index is 1.81. The first kappa shape index (κ1) is 18.3. The van der Waals surface area contributed by atoms with E-state index in [0.717, 1.165) is 39.1 Å². The molecule has 0 fully saturated rings. The largest absolute Gasteiger partial charge is 0.366 e. The molecule has 1 aliphatic carbocycles. The van der Waals surface area contributed by atoms with Crippen LogP contribution in [0.15, 0.2) is 61.2 Å². The average molecular weight is 398 g/mol. The van der Waals surface area contributed by atoms with Crippen LogP contribution in [0, 0.1) is 5.82 Å². The number of halogens is 1. The second-order valence-corrected chi connectivity index (χ2v) is 7.58. The zero-order valence-corrected chi connectivity index (χ0v) is 16.2. The van der Waals surface area contributed by atoms with Gasteiger partial charge in [0.05, 0.1) is 0 Å². The first-order valence-corrected chi connectivity index (χ1v) is 9.81. The summed E-state index contributed by atoms with van der Waals surface area (Å²) in [5, 5.41) is 0. The Bertz CT molecular complexity index is 1260. The van der Waals surface area contributed by atoms with Crippen LogP contribution in [0.4, 0.5) is 10.1 Å². The van der Waals surface area contributed by atoms with Gasteiger partial charge in [-0.25, -0.2) is 4.39 Å². The van der Waals surface area contributed by atoms with Crippen LogP contribution >= 0.6 is 0 Å². The van der Waals surface area contributed by atoms with Gasteiger partial charge in [0.15, 0.2) is 0 Å². The maximum Gasteiger partial charge on any atom is 0.250 e. The van der Waals surface area contributed by atoms with Crippen molar-refractivity contribution in [3.63, 3.8) is 0 Å². The molecule has 0 saturated heterocycles. The van der Waals surface area contributed by atoms with Crippen molar-refractivity contribution in [2.24, 2.45) is 5.73 Å². The highest BCUT2D eigenvalue weighted by Crippen LogP contribution is 2.48. The average Bonchev–Trinajstić information content (AvgIpc) is 3.34. The summed E-state index contributed by atoms with van der Waals surface area (Å²) in [6.07, 6.45) is 2.45. The summed E-state index contributed by atoms with van der Waals surface area (Å²) in [5.74, 6) is -1.29. The molecule has 2 amide bonds. The first-order valence-electron chi connectivity index (χ1n) is 9.81. The molecule has 0 radical (unpaired) electrons. The molecule has 0 aromatic heterocycles. The summed E-state index contributed by atoms with van der Waals surface area (Å²) in [6.45, 7) is 4.10. The number of benzene rings is 3. The molecule has 4 nitrogen and oxygen atoms in total. The van der Waals surface area contributed by atoms with E-state index in [1.54, 1.807) is 4.90 Å². The molecule has 2 aliphatic rings. The SMILES string of the molecule is C=CC(=O)N1CCc2c(-c3c(F)cc(C(N)=O)c4c3-c3ccccc3C4)cccc21. The number of fused-ring (bicyclic) bond motifs is 4. The Morgan fingerprint density at radius 3 is 2.57 bits per heavy atom. The van der Waals surface area contributed by atoms with Crippen molar-refractivity contribution in [2.75, 3.05) is 11.4 Å². The van der Waals surface area contributed by atoms with Crippen LogP contribution in [0.3, 0.4) is 0 Å². The van der Waals surface area contributed by atoms with Gasteiger partial charge in [-0.05, 0) is 64.4 Å². The predicted octanol–water partition coefficient (Wildman–Crippen LogP) is 4.24. The quantitative estimate of drug-likeness (QED) is 0.525. The van der Waals surface area contributed by atoms with E-state index in [9.17, 15) is 9.59 Å². The molecule has 1 heterocycles. The third-order valence-electron chi connectivity index (χ3n) is 6.04. The minimum Gasteiger partial charge on any atom is -0.366 e. The molecule has 148 valence electrons. The van der Waals surface area contributed by atoms with Crippen molar-refractivity contribution in [3.05, 3.63) is 89.3 Å². The fourth-order valence-corrected chi connectivity index (χ4v) is 4.77. The molecule has 0 spiro atoms. The van der Waals surface area contributed by atoms with Gasteiger partial charge in [0.25, 0.3) is 0 Å². The number of primary amides is 1. The van der Waals surface area contributed by atoms with Gasteiger partial charge >= 0.3 is 0 Å². The van der Waals surface area contributed by atoms with Crippen LogP contribution in [0.5, 0.6) is 0 Å². The number of nitrogens with zero attached hydrogens (tertiary/aromatic N) is 1. The van der Waals surface area contributed by atoms with Crippen molar-refractivity contribution in [2.45, 2.75) is 12.8 Å². The zero-order chi connectivity index (χ0) is 21.0. The van der Waals surface area contributed by atoms with Crippen LogP contribution in [0.1, 0.15) is 27.0 Å². The van der Waals surface area contributed by atoms with E-state index in [2.05, 4.69) is 6.58 Å². The number of hydrogen-bond acceptors (Lipinski definition) is 2. The molecule has 3 aromatic rings. The Morgan fingerprint density at radius 1 is 1.03 bits per heavy atom. The normalized spacial score (nSPS) is 13.6. The van der Waals surface area contributed by atoms with Crippen molar-refractivity contribution >= 4 is 17.5 Å². The topological polar surface area (TPSA) is 63.4 Å². The van der Waals surface area contributed by atoms with E-state index in [0.29, 0.717) is 24.9 Å². The van der Waals surface area contributed by atoms with Crippen LogP contribution in [-0.2, 0) is 17.6 Å². The maximum absolute atomic E-state index is 15.5. The lowest BCUT2D eigenvalue weighted by atomic mass is 9.88. The fraction of sp³-hybridized carbons (Fsp3) is 0.120. The molecule has 5 rings (SSSR count). The van der Waals surface area contributed by atoms with Gasteiger partial charge in [-0.1, -0.05) is 43.0 Å². The highest BCUT2D eigenvalue weighted by atomic mass is 19.1. The van der Waals surface area contributed by atoms with Crippen molar-refractivity contribution in [1.29, 1.82) is 0 Å². The van der Waals surface area contributed by atoms with Crippen molar-refractivity contribution < 1.29 is 14.0 Å². The number of rotatable bonds is 3. The van der Waals surface area contributed by atoms with Crippen LogP contribution in [-0.4, -0.2) is 18.4 Å². The molecule has 5 heteroatoms. The van der Waals surface area contributed by atoms with E-state index in [-0.39, 0.29) is 11.5 Å². The van der Waals surface area contributed by atoms with Gasteiger partial charge in [-0.3, -0.25) is 9.59 Å². The summed E-state index contributed by atoms with van der Waals surface area (Å²) >= 11 is 0. The molecule has 0 saturated carbocycles. The van der Waals surface area contributed by atoms with Gasteiger partial charge < -0.3 is 10.6 Å². The summed E-state index contributed by atoms with van der Waals surface area (Å²) in [6, 6.07) is 14.6. The molecule has 1 aliphatic heterocycles. The van der Waals surface area contributed by atoms with Crippen LogP contribution < -0.4 is 10.6 Å². The van der Waals surface area contributed by atoms with E-state index in [1.807, 2.05) is 42.5 Å². The molecule has 0 bridgehead atoms. The number of hydrogen-bond donors (Lipinski definition) is 1. The zero-order valence-electron chi connectivity index (χ0n) is 16.2. The van der Waals surface area contributed by atoms with Gasteiger partial charge in [-0.2, -0.15) is 0 Å². The second-order valence-electron chi connectivity index (χ2n) is 7.58. The minimum atomic E-state index is -0.634. The molecule has 0 unspecified atom stereocenters. The number of carbonyl (C=O) groups is 2. The molecular formula is C25H19FN2O2. The minimum absolute atomic E-state index is 0.175. The van der Waals surface area contributed by atoms with Crippen molar-refractivity contribution in [1.82, 2.24) is 0 Å². The molecule has 2 N–H and O–H groups in total. The van der Waals surface area contributed by atoms with Gasteiger partial charge in [-0.15, -0.1) is 0 Å². The number of anilines is 1. The van der Waals surface area contributed by atoms with E-state index in [4.69, 9.17) is 5.73 Å². The van der Waals surface area contributed by atoms with Crippen LogP contribution in [0.2, 0.25) is 0 Å². The molecule has 30 heavy (non-hydrogen) atoms. The second kappa shape index (κ2) is 6.66. The van der Waals surface area contributed by atoms with E-state index < -0.39 is 11.7 Å². The lowest BCUT2D eigenvalue weighted by molar-refractivity contribution is -0.114. The molecular weight excluding hydrogens is 379 g/mol. The Morgan fingerprint density at radius 2 is 1.80 bits per heavy atom. The first-order chi connectivity index (χ1) is 14.5. The smallest absolute Gasteiger partial charge is 0.250 e. The van der Waals surface area contributed by atoms with Crippen LogP contribution in [0.25, 0.3) is 22.3 Å². The summed E-state index contributed by atoms with van der Waals surface area (Å²) in [5.41, 5.74) is 12.1. The summed E-state index contributed by atoms with van der Waals surface area (Å²) in [7, 11) is 0. The highest BCUT2D eigenvalue weighted by molar-refractivity contribution is 6.05. The standard InChI is InChI=1S/C25H19FN2O2/c1-2-22(29)28-11-10-16-17(8-5-9-21(16)28)24-20(26)13-19(25(27)30)18-12-14-6-3-4-7-15(14)23(18)24/h2-9,13H,1,10-12H2,(H2,27,30). The predicted molar refractivity (Wildman–Crippen MR) is 115 cm³/mol.